The van der Waals surface area contributed by atoms with Gasteiger partial charge in [0.15, 0.2) is 5.96 Å². The van der Waals surface area contributed by atoms with Crippen molar-refractivity contribution in [1.82, 2.24) is 20.4 Å². The second-order valence-electron chi connectivity index (χ2n) is 7.89. The molecule has 1 aromatic carbocycles. The third-order valence-electron chi connectivity index (χ3n) is 5.50. The zero-order chi connectivity index (χ0) is 20.5. The number of likely N-dealkylation sites (tertiary alicyclic amines) is 1. The second-order valence-corrected chi connectivity index (χ2v) is 7.89. The number of nitrogens with one attached hydrogen (secondary N) is 2. The lowest BCUT2D eigenvalue weighted by atomic mass is 9.93. The highest BCUT2D eigenvalue weighted by Gasteiger charge is 2.23. The number of hydrogen-bond acceptors (Lipinski definition) is 3. The third-order valence-corrected chi connectivity index (χ3v) is 5.50. The van der Waals surface area contributed by atoms with E-state index in [2.05, 4.69) is 72.6 Å². The molecule has 0 bridgehead atoms. The molecule has 2 rings (SSSR count). The van der Waals surface area contributed by atoms with Crippen LogP contribution >= 0.6 is 0 Å². The molecule has 0 radical (unpaired) electrons. The third kappa shape index (κ3) is 6.51. The van der Waals surface area contributed by atoms with Gasteiger partial charge in [-0.25, -0.2) is 0 Å². The van der Waals surface area contributed by atoms with E-state index in [9.17, 15) is 4.79 Å². The number of guanidine groups is 1. The fourth-order valence-corrected chi connectivity index (χ4v) is 3.67. The van der Waals surface area contributed by atoms with Gasteiger partial charge in [-0.1, -0.05) is 29.8 Å². The Balaban J connectivity index is 2.02. The molecular weight excluding hydrogens is 350 g/mol. The van der Waals surface area contributed by atoms with Gasteiger partial charge in [0.1, 0.15) is 0 Å². The van der Waals surface area contributed by atoms with Crippen LogP contribution in [0.2, 0.25) is 0 Å². The highest BCUT2D eigenvalue weighted by molar-refractivity contribution is 5.80. The molecule has 0 aliphatic carbocycles. The fourth-order valence-electron chi connectivity index (χ4n) is 3.67. The number of carbonyl (C=O) groups is 1. The Morgan fingerprint density at radius 1 is 1.25 bits per heavy atom. The number of rotatable bonds is 7. The Labute approximate surface area is 170 Å². The number of piperidine rings is 1. The summed E-state index contributed by atoms with van der Waals surface area (Å²) in [5.41, 5.74) is 2.57. The number of nitrogens with zero attached hydrogens (tertiary/aromatic N) is 3. The van der Waals surface area contributed by atoms with Crippen molar-refractivity contribution in [1.29, 1.82) is 0 Å². The predicted molar refractivity (Wildman–Crippen MR) is 117 cm³/mol. The lowest BCUT2D eigenvalue weighted by molar-refractivity contribution is -0.121. The largest absolute Gasteiger partial charge is 0.359 e. The van der Waals surface area contributed by atoms with E-state index in [0.29, 0.717) is 12.3 Å². The van der Waals surface area contributed by atoms with Crippen molar-refractivity contribution in [2.45, 2.75) is 39.2 Å². The standard InChI is InChI=1S/C22H37N5O/c1-6-24-22(27-13-11-18(12-14-27)15-21(28)23-3)25-16-20(26(4)5)19-9-7-17(2)8-10-19/h7-10,18,20H,6,11-16H2,1-5H3,(H,23,28)(H,24,25). The summed E-state index contributed by atoms with van der Waals surface area (Å²) in [5, 5.41) is 6.19. The Bertz CT molecular complexity index is 633. The van der Waals surface area contributed by atoms with Gasteiger partial charge in [-0.15, -0.1) is 0 Å². The van der Waals surface area contributed by atoms with E-state index in [1.165, 1.54) is 11.1 Å². The molecule has 0 aromatic heterocycles. The molecule has 1 amide bonds. The molecule has 0 saturated carbocycles. The first-order chi connectivity index (χ1) is 13.4. The van der Waals surface area contributed by atoms with Crippen LogP contribution in [0, 0.1) is 12.8 Å². The maximum absolute atomic E-state index is 11.6. The molecule has 2 N–H and O–H groups in total. The van der Waals surface area contributed by atoms with Crippen molar-refractivity contribution in [2.24, 2.45) is 10.9 Å². The van der Waals surface area contributed by atoms with Crippen LogP contribution in [0.5, 0.6) is 0 Å². The van der Waals surface area contributed by atoms with Crippen molar-refractivity contribution in [2.75, 3.05) is 47.3 Å². The number of amides is 1. The summed E-state index contributed by atoms with van der Waals surface area (Å²) in [6, 6.07) is 8.98. The van der Waals surface area contributed by atoms with Crippen molar-refractivity contribution >= 4 is 11.9 Å². The first kappa shape index (κ1) is 22.2. The van der Waals surface area contributed by atoms with Gasteiger partial charge in [-0.3, -0.25) is 9.79 Å². The van der Waals surface area contributed by atoms with Crippen LogP contribution in [0.4, 0.5) is 0 Å². The van der Waals surface area contributed by atoms with Crippen LogP contribution in [0.1, 0.15) is 43.4 Å². The summed E-state index contributed by atoms with van der Waals surface area (Å²) in [5.74, 6) is 1.60. The molecule has 1 atom stereocenters. The molecule has 1 unspecified atom stereocenters. The van der Waals surface area contributed by atoms with Crippen LogP contribution in [-0.4, -0.2) is 69.0 Å². The van der Waals surface area contributed by atoms with Gasteiger partial charge in [0.05, 0.1) is 12.6 Å². The van der Waals surface area contributed by atoms with E-state index in [1.807, 2.05) is 0 Å². The van der Waals surface area contributed by atoms with E-state index >= 15 is 0 Å². The predicted octanol–water partition coefficient (Wildman–Crippen LogP) is 2.41. The molecule has 6 nitrogen and oxygen atoms in total. The van der Waals surface area contributed by atoms with Crippen LogP contribution in [0.3, 0.4) is 0 Å². The topological polar surface area (TPSA) is 60.0 Å². The monoisotopic (exact) mass is 387 g/mol. The summed E-state index contributed by atoms with van der Waals surface area (Å²) in [6.45, 7) is 7.70. The first-order valence-corrected chi connectivity index (χ1v) is 10.4. The lowest BCUT2D eigenvalue weighted by Gasteiger charge is -2.34. The number of likely N-dealkylation sites (N-methyl/N-ethyl adjacent to an activating group) is 1. The fraction of sp³-hybridized carbons (Fsp3) is 0.636. The highest BCUT2D eigenvalue weighted by atomic mass is 16.1. The van der Waals surface area contributed by atoms with Crippen molar-refractivity contribution in [3.8, 4) is 0 Å². The Kier molecular flexibility index (Phi) is 8.77. The molecule has 1 aliphatic rings. The van der Waals surface area contributed by atoms with Crippen molar-refractivity contribution in [3.05, 3.63) is 35.4 Å². The molecule has 6 heteroatoms. The highest BCUT2D eigenvalue weighted by Crippen LogP contribution is 2.22. The molecule has 0 spiro atoms. The molecule has 1 heterocycles. The van der Waals surface area contributed by atoms with Gasteiger partial charge < -0.3 is 20.4 Å². The summed E-state index contributed by atoms with van der Waals surface area (Å²) >= 11 is 0. The minimum atomic E-state index is 0.144. The minimum absolute atomic E-state index is 0.144. The maximum Gasteiger partial charge on any atom is 0.220 e. The lowest BCUT2D eigenvalue weighted by Crippen LogP contribution is -2.46. The number of hydrogen-bond donors (Lipinski definition) is 2. The van der Waals surface area contributed by atoms with E-state index in [4.69, 9.17) is 4.99 Å². The van der Waals surface area contributed by atoms with E-state index < -0.39 is 0 Å². The quantitative estimate of drug-likeness (QED) is 0.557. The zero-order valence-corrected chi connectivity index (χ0v) is 18.2. The number of benzene rings is 1. The first-order valence-electron chi connectivity index (χ1n) is 10.4. The molecule has 1 fully saturated rings. The molecule has 1 aromatic rings. The smallest absolute Gasteiger partial charge is 0.220 e. The molecular formula is C22H37N5O. The summed E-state index contributed by atoms with van der Waals surface area (Å²) in [6.07, 6.45) is 2.70. The number of aliphatic imine (C=N–C) groups is 1. The summed E-state index contributed by atoms with van der Waals surface area (Å²) in [7, 11) is 5.93. The van der Waals surface area contributed by atoms with Gasteiger partial charge in [0.25, 0.3) is 0 Å². The van der Waals surface area contributed by atoms with Gasteiger partial charge in [-0.2, -0.15) is 0 Å². The Morgan fingerprint density at radius 3 is 2.43 bits per heavy atom. The van der Waals surface area contributed by atoms with Crippen LogP contribution in [0.25, 0.3) is 0 Å². The van der Waals surface area contributed by atoms with E-state index in [1.54, 1.807) is 7.05 Å². The van der Waals surface area contributed by atoms with Gasteiger partial charge in [0.2, 0.25) is 5.91 Å². The van der Waals surface area contributed by atoms with Gasteiger partial charge in [0, 0.05) is 33.1 Å². The molecule has 156 valence electrons. The van der Waals surface area contributed by atoms with Gasteiger partial charge in [-0.05, 0) is 52.3 Å². The van der Waals surface area contributed by atoms with Crippen LogP contribution in [0.15, 0.2) is 29.3 Å². The number of aryl methyl sites for hydroxylation is 1. The normalized spacial score (nSPS) is 16.9. The van der Waals surface area contributed by atoms with Crippen molar-refractivity contribution in [3.63, 3.8) is 0 Å². The summed E-state index contributed by atoms with van der Waals surface area (Å²) < 4.78 is 0. The average molecular weight is 388 g/mol. The SMILES string of the molecule is CCNC(=NCC(c1ccc(C)cc1)N(C)C)N1CCC(CC(=O)NC)CC1. The Morgan fingerprint density at radius 2 is 1.89 bits per heavy atom. The van der Waals surface area contributed by atoms with E-state index in [0.717, 1.165) is 45.0 Å². The zero-order valence-electron chi connectivity index (χ0n) is 18.2. The van der Waals surface area contributed by atoms with Crippen molar-refractivity contribution < 1.29 is 4.79 Å². The number of carbonyl (C=O) groups excluding carboxylic acids is 1. The maximum atomic E-state index is 11.6. The van der Waals surface area contributed by atoms with E-state index in [-0.39, 0.29) is 11.9 Å². The van der Waals surface area contributed by atoms with Gasteiger partial charge >= 0.3 is 0 Å². The molecule has 1 aliphatic heterocycles. The second kappa shape index (κ2) is 11.1. The molecule has 28 heavy (non-hydrogen) atoms. The minimum Gasteiger partial charge on any atom is -0.359 e. The summed E-state index contributed by atoms with van der Waals surface area (Å²) in [4.78, 5) is 21.2. The van der Waals surface area contributed by atoms with Crippen LogP contribution in [-0.2, 0) is 4.79 Å². The Hall–Kier alpha value is -2.08. The van der Waals surface area contributed by atoms with Crippen LogP contribution < -0.4 is 10.6 Å². The average Bonchev–Trinajstić information content (AvgIpc) is 2.69. The molecule has 1 saturated heterocycles.